The maximum absolute atomic E-state index is 12.6. The molecule has 6 heteroatoms. The average Bonchev–Trinajstić information content (AvgIpc) is 3.08. The van der Waals surface area contributed by atoms with Crippen molar-refractivity contribution in [2.45, 2.75) is 11.5 Å². The van der Waals surface area contributed by atoms with Crippen molar-refractivity contribution in [2.24, 2.45) is 0 Å². The number of fused-ring (bicyclic) bond motifs is 1. The fourth-order valence-electron chi connectivity index (χ4n) is 3.16. The van der Waals surface area contributed by atoms with Crippen LogP contribution in [0.25, 0.3) is 6.08 Å². The Balaban J connectivity index is 1.60. The van der Waals surface area contributed by atoms with Crippen LogP contribution in [0.5, 0.6) is 11.5 Å². The number of benzene rings is 3. The monoisotopic (exact) mass is 433 g/mol. The number of hydrogen-bond acceptors (Lipinski definition) is 5. The molecule has 30 heavy (non-hydrogen) atoms. The number of carbonyl (C=O) groups excluding carboxylic acids is 1. The van der Waals surface area contributed by atoms with E-state index >= 15 is 0 Å². The van der Waals surface area contributed by atoms with Gasteiger partial charge in [-0.2, -0.15) is 5.26 Å². The number of carbonyl (C=O) groups is 1. The van der Waals surface area contributed by atoms with Crippen molar-refractivity contribution in [2.75, 3.05) is 7.11 Å². The van der Waals surface area contributed by atoms with Gasteiger partial charge < -0.3 is 9.47 Å². The van der Waals surface area contributed by atoms with Gasteiger partial charge in [0.25, 0.3) is 0 Å². The van der Waals surface area contributed by atoms with Crippen molar-refractivity contribution in [1.82, 2.24) is 0 Å². The van der Waals surface area contributed by atoms with E-state index in [1.807, 2.05) is 36.4 Å². The normalized spacial score (nSPS) is 13.8. The van der Waals surface area contributed by atoms with Crippen molar-refractivity contribution < 1.29 is 14.3 Å². The Kier molecular flexibility index (Phi) is 5.80. The number of rotatable bonds is 5. The number of ether oxygens (including phenoxy) is 2. The molecule has 1 aliphatic rings. The Bertz CT molecular complexity index is 1210. The maximum Gasteiger partial charge on any atom is 0.200 e. The van der Waals surface area contributed by atoms with E-state index in [0.717, 1.165) is 16.0 Å². The minimum Gasteiger partial charge on any atom is -0.493 e. The number of methoxy groups -OCH3 is 1. The lowest BCUT2D eigenvalue weighted by molar-refractivity contribution is 0.104. The van der Waals surface area contributed by atoms with Crippen LogP contribution in [-0.2, 0) is 6.61 Å². The molecule has 0 N–H and O–H groups in total. The summed E-state index contributed by atoms with van der Waals surface area (Å²) in [6.45, 7) is 0.184. The molecule has 4 rings (SSSR count). The van der Waals surface area contributed by atoms with E-state index < -0.39 is 0 Å². The lowest BCUT2D eigenvalue weighted by Gasteiger charge is -2.14. The van der Waals surface area contributed by atoms with Gasteiger partial charge in [0.15, 0.2) is 11.5 Å². The molecule has 0 amide bonds. The Hall–Kier alpha value is -3.20. The first kappa shape index (κ1) is 20.1. The highest BCUT2D eigenvalue weighted by Crippen LogP contribution is 2.42. The molecular weight excluding hydrogens is 418 g/mol. The number of thioether (sulfide) groups is 1. The number of Topliss-reactive ketones (excluding diaryl/α,β-unsaturated/α-hetero) is 1. The third-order valence-corrected chi connectivity index (χ3v) is 6.01. The van der Waals surface area contributed by atoms with E-state index in [9.17, 15) is 10.1 Å². The molecule has 3 aromatic carbocycles. The van der Waals surface area contributed by atoms with Gasteiger partial charge in [0.05, 0.1) is 28.7 Å². The first-order valence-electron chi connectivity index (χ1n) is 9.12. The molecule has 0 saturated heterocycles. The average molecular weight is 434 g/mol. The molecule has 0 aromatic heterocycles. The predicted molar refractivity (Wildman–Crippen MR) is 118 cm³/mol. The number of hydrogen-bond donors (Lipinski definition) is 0. The van der Waals surface area contributed by atoms with E-state index in [1.54, 1.807) is 30.3 Å². The van der Waals surface area contributed by atoms with E-state index in [-0.39, 0.29) is 12.4 Å². The van der Waals surface area contributed by atoms with Gasteiger partial charge in [-0.25, -0.2) is 0 Å². The Morgan fingerprint density at radius 3 is 2.67 bits per heavy atom. The molecule has 148 valence electrons. The van der Waals surface area contributed by atoms with E-state index in [1.165, 1.54) is 18.9 Å². The summed E-state index contributed by atoms with van der Waals surface area (Å²) in [5.74, 6) is 0.846. The molecule has 0 unspecified atom stereocenters. The van der Waals surface area contributed by atoms with E-state index in [4.69, 9.17) is 21.1 Å². The van der Waals surface area contributed by atoms with Crippen LogP contribution >= 0.6 is 23.4 Å². The van der Waals surface area contributed by atoms with Crippen molar-refractivity contribution in [1.29, 1.82) is 5.26 Å². The molecule has 3 aromatic rings. The van der Waals surface area contributed by atoms with Crippen molar-refractivity contribution in [3.05, 3.63) is 92.8 Å². The van der Waals surface area contributed by atoms with Gasteiger partial charge in [-0.1, -0.05) is 53.7 Å². The zero-order valence-electron chi connectivity index (χ0n) is 16.0. The van der Waals surface area contributed by atoms with Crippen LogP contribution in [0.15, 0.2) is 70.5 Å². The minimum absolute atomic E-state index is 0.000809. The summed E-state index contributed by atoms with van der Waals surface area (Å²) in [6, 6.07) is 20.4. The number of nitrogens with zero attached hydrogens (tertiary/aromatic N) is 1. The van der Waals surface area contributed by atoms with Crippen LogP contribution in [0.4, 0.5) is 0 Å². The molecule has 0 fully saturated rings. The Labute approximate surface area is 183 Å². The molecule has 0 aliphatic carbocycles. The standard InChI is InChI=1S/C24H16ClNO3S/c1-28-20-11-15(12-22-23(27)18-8-4-5-9-21(18)30-22)10-19(25)24(20)29-14-17-7-3-2-6-16(17)13-26/h2-12H,14H2,1H3/b22-12+. The highest BCUT2D eigenvalue weighted by atomic mass is 35.5. The number of allylic oxidation sites excluding steroid dienone is 1. The van der Waals surface area contributed by atoms with Crippen LogP contribution in [0.1, 0.15) is 27.0 Å². The topological polar surface area (TPSA) is 59.3 Å². The predicted octanol–water partition coefficient (Wildman–Crippen LogP) is 6.13. The lowest BCUT2D eigenvalue weighted by atomic mass is 10.1. The van der Waals surface area contributed by atoms with Crippen molar-refractivity contribution in [3.63, 3.8) is 0 Å². The summed E-state index contributed by atoms with van der Waals surface area (Å²) in [5.41, 5.74) is 2.76. The van der Waals surface area contributed by atoms with Crippen LogP contribution in [0.3, 0.4) is 0 Å². The third-order valence-electron chi connectivity index (χ3n) is 4.63. The quantitative estimate of drug-likeness (QED) is 0.453. The smallest absolute Gasteiger partial charge is 0.200 e. The summed E-state index contributed by atoms with van der Waals surface area (Å²) >= 11 is 7.91. The highest BCUT2D eigenvalue weighted by molar-refractivity contribution is 8.04. The largest absolute Gasteiger partial charge is 0.493 e. The molecular formula is C24H16ClNO3S. The summed E-state index contributed by atoms with van der Waals surface area (Å²) < 4.78 is 11.4. The SMILES string of the molecule is COc1cc(/C=C2/Sc3ccccc3C2=O)cc(Cl)c1OCc1ccccc1C#N. The first-order chi connectivity index (χ1) is 14.6. The second-order valence-corrected chi connectivity index (χ2v) is 8.02. The summed E-state index contributed by atoms with van der Waals surface area (Å²) in [6.07, 6.45) is 1.80. The third kappa shape index (κ3) is 3.93. The van der Waals surface area contributed by atoms with Gasteiger partial charge in [0.2, 0.25) is 5.78 Å². The lowest BCUT2D eigenvalue weighted by Crippen LogP contribution is -2.01. The van der Waals surface area contributed by atoms with Crippen molar-refractivity contribution in [3.8, 4) is 17.6 Å². The van der Waals surface area contributed by atoms with Gasteiger partial charge in [0.1, 0.15) is 6.61 Å². The van der Waals surface area contributed by atoms with Crippen LogP contribution in [0, 0.1) is 11.3 Å². The molecule has 1 aliphatic heterocycles. The fraction of sp³-hybridized carbons (Fsp3) is 0.0833. The Morgan fingerprint density at radius 2 is 1.90 bits per heavy atom. The minimum atomic E-state index is -0.000809. The van der Waals surface area contributed by atoms with Gasteiger partial charge in [-0.3, -0.25) is 4.79 Å². The zero-order valence-corrected chi connectivity index (χ0v) is 17.6. The van der Waals surface area contributed by atoms with Crippen molar-refractivity contribution >= 4 is 35.2 Å². The zero-order chi connectivity index (χ0) is 21.1. The van der Waals surface area contributed by atoms with Crippen LogP contribution in [0.2, 0.25) is 5.02 Å². The van der Waals surface area contributed by atoms with Gasteiger partial charge in [0, 0.05) is 16.0 Å². The van der Waals surface area contributed by atoms with E-state index in [0.29, 0.717) is 32.6 Å². The Morgan fingerprint density at radius 1 is 1.13 bits per heavy atom. The van der Waals surface area contributed by atoms with E-state index in [2.05, 4.69) is 6.07 Å². The second kappa shape index (κ2) is 8.66. The number of nitriles is 1. The molecule has 1 heterocycles. The van der Waals surface area contributed by atoms with Crippen LogP contribution < -0.4 is 9.47 Å². The highest BCUT2D eigenvalue weighted by Gasteiger charge is 2.25. The van der Waals surface area contributed by atoms with Crippen LogP contribution in [-0.4, -0.2) is 12.9 Å². The van der Waals surface area contributed by atoms with Gasteiger partial charge in [-0.05, 0) is 42.0 Å². The molecule has 0 spiro atoms. The molecule has 0 saturated carbocycles. The summed E-state index contributed by atoms with van der Waals surface area (Å²) in [7, 11) is 1.53. The maximum atomic E-state index is 12.6. The van der Waals surface area contributed by atoms with Gasteiger partial charge in [-0.15, -0.1) is 0 Å². The molecule has 0 bridgehead atoms. The first-order valence-corrected chi connectivity index (χ1v) is 10.3. The summed E-state index contributed by atoms with van der Waals surface area (Å²) in [5, 5.41) is 9.60. The number of ketones is 1. The molecule has 0 atom stereocenters. The molecule has 0 radical (unpaired) electrons. The van der Waals surface area contributed by atoms with Gasteiger partial charge >= 0.3 is 0 Å². The fourth-order valence-corrected chi connectivity index (χ4v) is 4.48. The number of halogens is 1. The summed E-state index contributed by atoms with van der Waals surface area (Å²) in [4.78, 5) is 14.2. The second-order valence-electron chi connectivity index (χ2n) is 6.53. The molecule has 4 nitrogen and oxygen atoms in total.